The molecule has 1 aromatic carbocycles. The predicted octanol–water partition coefficient (Wildman–Crippen LogP) is 1.12. The van der Waals surface area contributed by atoms with Gasteiger partial charge in [-0.1, -0.05) is 12.1 Å². The summed E-state index contributed by atoms with van der Waals surface area (Å²) in [6.45, 7) is 1.96. The Kier molecular flexibility index (Phi) is 5.63. The summed E-state index contributed by atoms with van der Waals surface area (Å²) in [7, 11) is 3.64. The van der Waals surface area contributed by atoms with E-state index in [2.05, 4.69) is 11.9 Å². The van der Waals surface area contributed by atoms with Crippen LogP contribution in [0.4, 0.5) is 0 Å². The molecule has 6 nitrogen and oxygen atoms in total. The van der Waals surface area contributed by atoms with E-state index >= 15 is 0 Å². The Morgan fingerprint density at radius 3 is 2.95 bits per heavy atom. The molecular weight excluding hydrogens is 284 g/mol. The van der Waals surface area contributed by atoms with Gasteiger partial charge in [-0.3, -0.25) is 4.79 Å². The van der Waals surface area contributed by atoms with Gasteiger partial charge in [-0.25, -0.2) is 0 Å². The van der Waals surface area contributed by atoms with E-state index in [1.165, 1.54) is 0 Å². The summed E-state index contributed by atoms with van der Waals surface area (Å²) in [6, 6.07) is 4.56. The standard InChI is InChI=1S/C16H24N2O4/c1-18-8-4-6-12(10-18)22-14-7-3-5-11(15(14)21-2)9-13(17)16(19)20/h3,5,7,12-13H,4,6,8-10,17H2,1-2H3,(H,19,20). The molecule has 1 aliphatic heterocycles. The number of hydrogen-bond donors (Lipinski definition) is 2. The number of para-hydroxylation sites is 1. The zero-order valence-corrected chi connectivity index (χ0v) is 13.1. The van der Waals surface area contributed by atoms with Crippen LogP contribution in [0.15, 0.2) is 18.2 Å². The molecule has 6 heteroatoms. The molecule has 2 unspecified atom stereocenters. The first kappa shape index (κ1) is 16.6. The van der Waals surface area contributed by atoms with E-state index in [-0.39, 0.29) is 12.5 Å². The minimum atomic E-state index is -1.03. The molecule has 1 aromatic rings. The third-order valence-electron chi connectivity index (χ3n) is 3.90. The van der Waals surface area contributed by atoms with E-state index in [4.69, 9.17) is 20.3 Å². The minimum Gasteiger partial charge on any atom is -0.493 e. The predicted molar refractivity (Wildman–Crippen MR) is 83.5 cm³/mol. The summed E-state index contributed by atoms with van der Waals surface area (Å²) in [5.74, 6) is 0.201. The van der Waals surface area contributed by atoms with Crippen LogP contribution in [-0.2, 0) is 11.2 Å². The van der Waals surface area contributed by atoms with Crippen LogP contribution in [0.1, 0.15) is 18.4 Å². The number of carbonyl (C=O) groups is 1. The Bertz CT molecular complexity index is 521. The first-order valence-corrected chi connectivity index (χ1v) is 7.50. The van der Waals surface area contributed by atoms with Crippen LogP contribution in [0, 0.1) is 0 Å². The summed E-state index contributed by atoms with van der Waals surface area (Å²) in [6.07, 6.45) is 2.44. The fourth-order valence-corrected chi connectivity index (χ4v) is 2.77. The van der Waals surface area contributed by atoms with Crippen LogP contribution in [0.25, 0.3) is 0 Å². The van der Waals surface area contributed by atoms with Crippen molar-refractivity contribution in [1.29, 1.82) is 0 Å². The van der Waals surface area contributed by atoms with E-state index in [1.807, 2.05) is 18.2 Å². The van der Waals surface area contributed by atoms with Crippen molar-refractivity contribution in [3.05, 3.63) is 23.8 Å². The number of carboxylic acid groups (broad SMARTS) is 1. The molecule has 0 saturated carbocycles. The highest BCUT2D eigenvalue weighted by atomic mass is 16.5. The Morgan fingerprint density at radius 2 is 2.32 bits per heavy atom. The Labute approximate surface area is 130 Å². The second-order valence-electron chi connectivity index (χ2n) is 5.74. The number of methoxy groups -OCH3 is 1. The zero-order chi connectivity index (χ0) is 16.1. The molecule has 22 heavy (non-hydrogen) atoms. The molecule has 0 bridgehead atoms. The fraction of sp³-hybridized carbons (Fsp3) is 0.562. The zero-order valence-electron chi connectivity index (χ0n) is 13.1. The second kappa shape index (κ2) is 7.47. The fourth-order valence-electron chi connectivity index (χ4n) is 2.77. The number of ether oxygens (including phenoxy) is 2. The monoisotopic (exact) mass is 308 g/mol. The van der Waals surface area contributed by atoms with Gasteiger partial charge in [0.05, 0.1) is 7.11 Å². The van der Waals surface area contributed by atoms with Gasteiger partial charge in [-0.05, 0) is 32.5 Å². The van der Waals surface area contributed by atoms with Crippen LogP contribution in [0.3, 0.4) is 0 Å². The van der Waals surface area contributed by atoms with Gasteiger partial charge < -0.3 is 25.2 Å². The molecule has 2 rings (SSSR count). The average molecular weight is 308 g/mol. The lowest BCUT2D eigenvalue weighted by Gasteiger charge is -2.30. The third-order valence-corrected chi connectivity index (χ3v) is 3.90. The van der Waals surface area contributed by atoms with Crippen molar-refractivity contribution in [2.24, 2.45) is 5.73 Å². The van der Waals surface area contributed by atoms with Gasteiger partial charge in [0.25, 0.3) is 0 Å². The quantitative estimate of drug-likeness (QED) is 0.819. The summed E-state index contributed by atoms with van der Waals surface area (Å²) in [5, 5.41) is 8.96. The lowest BCUT2D eigenvalue weighted by atomic mass is 10.0. The maximum absolute atomic E-state index is 10.9. The SMILES string of the molecule is COc1c(CC(N)C(=O)O)cccc1OC1CCCN(C)C1. The number of likely N-dealkylation sites (N-methyl/N-ethyl adjacent to an activating group) is 1. The molecular formula is C16H24N2O4. The van der Waals surface area contributed by atoms with Crippen molar-refractivity contribution in [3.63, 3.8) is 0 Å². The molecule has 1 aliphatic rings. The molecule has 3 N–H and O–H groups in total. The molecule has 2 atom stereocenters. The Balaban J connectivity index is 2.15. The molecule has 1 saturated heterocycles. The van der Waals surface area contributed by atoms with Crippen molar-refractivity contribution < 1.29 is 19.4 Å². The van der Waals surface area contributed by atoms with Gasteiger partial charge in [-0.15, -0.1) is 0 Å². The lowest BCUT2D eigenvalue weighted by Crippen LogP contribution is -2.38. The first-order chi connectivity index (χ1) is 10.5. The number of hydrogen-bond acceptors (Lipinski definition) is 5. The van der Waals surface area contributed by atoms with E-state index in [0.29, 0.717) is 11.5 Å². The van der Waals surface area contributed by atoms with Gasteiger partial charge in [0, 0.05) is 18.5 Å². The van der Waals surface area contributed by atoms with Crippen molar-refractivity contribution in [2.45, 2.75) is 31.4 Å². The van der Waals surface area contributed by atoms with E-state index in [0.717, 1.165) is 31.5 Å². The van der Waals surface area contributed by atoms with Crippen LogP contribution in [0.5, 0.6) is 11.5 Å². The number of carboxylic acids is 1. The molecule has 0 radical (unpaired) electrons. The number of likely N-dealkylation sites (tertiary alicyclic amines) is 1. The number of benzene rings is 1. The number of nitrogens with two attached hydrogens (primary N) is 1. The average Bonchev–Trinajstić information content (AvgIpc) is 2.47. The number of rotatable bonds is 6. The van der Waals surface area contributed by atoms with E-state index in [1.54, 1.807) is 7.11 Å². The van der Waals surface area contributed by atoms with Gasteiger partial charge in [0.15, 0.2) is 11.5 Å². The minimum absolute atomic E-state index is 0.121. The molecule has 0 spiro atoms. The largest absolute Gasteiger partial charge is 0.493 e. The Hall–Kier alpha value is -1.79. The van der Waals surface area contributed by atoms with Crippen LogP contribution in [-0.4, -0.2) is 55.4 Å². The van der Waals surface area contributed by atoms with Gasteiger partial charge >= 0.3 is 5.97 Å². The van der Waals surface area contributed by atoms with Crippen LogP contribution in [0.2, 0.25) is 0 Å². The van der Waals surface area contributed by atoms with Crippen molar-refractivity contribution >= 4 is 5.97 Å². The first-order valence-electron chi connectivity index (χ1n) is 7.50. The highest BCUT2D eigenvalue weighted by Crippen LogP contribution is 2.33. The molecule has 1 fully saturated rings. The highest BCUT2D eigenvalue weighted by molar-refractivity contribution is 5.73. The number of nitrogens with zero attached hydrogens (tertiary/aromatic N) is 1. The van der Waals surface area contributed by atoms with Gasteiger partial charge in [-0.2, -0.15) is 0 Å². The van der Waals surface area contributed by atoms with Crippen molar-refractivity contribution in [2.75, 3.05) is 27.2 Å². The molecule has 0 aliphatic carbocycles. The third kappa shape index (κ3) is 4.11. The second-order valence-corrected chi connectivity index (χ2v) is 5.74. The summed E-state index contributed by atoms with van der Waals surface area (Å²) in [4.78, 5) is 13.2. The normalized spacial score (nSPS) is 20.4. The van der Waals surface area contributed by atoms with Gasteiger partial charge in [0.2, 0.25) is 0 Å². The topological polar surface area (TPSA) is 85.0 Å². The number of aliphatic carboxylic acids is 1. The van der Waals surface area contributed by atoms with Gasteiger partial charge in [0.1, 0.15) is 12.1 Å². The van der Waals surface area contributed by atoms with Crippen molar-refractivity contribution in [1.82, 2.24) is 4.90 Å². The maximum Gasteiger partial charge on any atom is 0.320 e. The lowest BCUT2D eigenvalue weighted by molar-refractivity contribution is -0.138. The maximum atomic E-state index is 10.9. The Morgan fingerprint density at radius 1 is 1.55 bits per heavy atom. The highest BCUT2D eigenvalue weighted by Gasteiger charge is 2.22. The summed E-state index contributed by atoms with van der Waals surface area (Å²) < 4.78 is 11.5. The smallest absolute Gasteiger partial charge is 0.320 e. The summed E-state index contributed by atoms with van der Waals surface area (Å²) >= 11 is 0. The van der Waals surface area contributed by atoms with Crippen LogP contribution < -0.4 is 15.2 Å². The molecule has 0 aromatic heterocycles. The van der Waals surface area contributed by atoms with E-state index < -0.39 is 12.0 Å². The van der Waals surface area contributed by atoms with Crippen LogP contribution >= 0.6 is 0 Å². The van der Waals surface area contributed by atoms with E-state index in [9.17, 15) is 4.79 Å². The molecule has 1 heterocycles. The van der Waals surface area contributed by atoms with Crippen molar-refractivity contribution in [3.8, 4) is 11.5 Å². The summed E-state index contributed by atoms with van der Waals surface area (Å²) in [5.41, 5.74) is 6.37. The molecule has 0 amide bonds. The number of piperidine rings is 1. The molecule has 122 valence electrons.